The quantitative estimate of drug-likeness (QED) is 0.919. The lowest BCUT2D eigenvalue weighted by Gasteiger charge is -2.31. The second-order valence-electron chi connectivity index (χ2n) is 5.63. The van der Waals surface area contributed by atoms with Crippen molar-refractivity contribution in [1.29, 1.82) is 0 Å². The molecule has 0 amide bonds. The Kier molecular flexibility index (Phi) is 4.33. The molecule has 1 N–H and O–H groups in total. The van der Waals surface area contributed by atoms with E-state index in [0.29, 0.717) is 0 Å². The second kappa shape index (κ2) is 5.83. The molecule has 0 spiro atoms. The van der Waals surface area contributed by atoms with Gasteiger partial charge in [0.2, 0.25) is 0 Å². The highest BCUT2D eigenvalue weighted by Crippen LogP contribution is 2.36. The molecule has 1 fully saturated rings. The van der Waals surface area contributed by atoms with E-state index in [1.807, 2.05) is 19.1 Å². The first-order chi connectivity index (χ1) is 9.45. The molecule has 3 unspecified atom stereocenters. The van der Waals surface area contributed by atoms with Crippen molar-refractivity contribution in [3.05, 3.63) is 29.3 Å². The van der Waals surface area contributed by atoms with Crippen LogP contribution in [0.3, 0.4) is 0 Å². The predicted octanol–water partition coefficient (Wildman–Crippen LogP) is 2.86. The van der Waals surface area contributed by atoms with E-state index in [1.165, 1.54) is 5.56 Å². The van der Waals surface area contributed by atoms with Crippen molar-refractivity contribution in [2.75, 3.05) is 13.7 Å². The third-order valence-corrected chi connectivity index (χ3v) is 4.45. The number of nitrogens with zero attached hydrogens (tertiary/aromatic N) is 1. The van der Waals surface area contributed by atoms with Gasteiger partial charge in [0, 0.05) is 17.6 Å². The first-order valence-corrected chi connectivity index (χ1v) is 7.08. The molecule has 3 atom stereocenters. The number of aryl methyl sites for hydroxylation is 1. The summed E-state index contributed by atoms with van der Waals surface area (Å²) in [6.45, 7) is 7.00. The summed E-state index contributed by atoms with van der Waals surface area (Å²) >= 11 is 0. The Morgan fingerprint density at radius 2 is 2.20 bits per heavy atom. The van der Waals surface area contributed by atoms with Gasteiger partial charge < -0.3 is 9.84 Å². The summed E-state index contributed by atoms with van der Waals surface area (Å²) in [6.07, 6.45) is 0.717. The van der Waals surface area contributed by atoms with E-state index in [0.717, 1.165) is 24.3 Å². The summed E-state index contributed by atoms with van der Waals surface area (Å²) in [4.78, 5) is 13.5. The largest absolute Gasteiger partial charge is 0.496 e. The number of hydrogen-bond acceptors (Lipinski definition) is 3. The monoisotopic (exact) mass is 277 g/mol. The first kappa shape index (κ1) is 14.9. The molecule has 0 radical (unpaired) electrons. The number of ether oxygens (including phenoxy) is 1. The van der Waals surface area contributed by atoms with Gasteiger partial charge in [-0.1, -0.05) is 17.7 Å². The van der Waals surface area contributed by atoms with Gasteiger partial charge in [0.15, 0.2) is 0 Å². The lowest BCUT2D eigenvalue weighted by molar-refractivity contribution is -0.142. The number of likely N-dealkylation sites (tertiary alicyclic amines) is 1. The van der Waals surface area contributed by atoms with Crippen LogP contribution in [0.25, 0.3) is 0 Å². The van der Waals surface area contributed by atoms with Crippen molar-refractivity contribution < 1.29 is 14.6 Å². The zero-order valence-electron chi connectivity index (χ0n) is 12.6. The lowest BCUT2D eigenvalue weighted by Crippen LogP contribution is -2.35. The van der Waals surface area contributed by atoms with Gasteiger partial charge in [-0.25, -0.2) is 0 Å². The van der Waals surface area contributed by atoms with Crippen LogP contribution in [0.4, 0.5) is 0 Å². The molecule has 1 aromatic rings. The lowest BCUT2D eigenvalue weighted by atomic mass is 9.99. The zero-order valence-corrected chi connectivity index (χ0v) is 12.6. The smallest absolute Gasteiger partial charge is 0.308 e. The number of carbonyl (C=O) groups is 1. The van der Waals surface area contributed by atoms with Gasteiger partial charge in [-0.3, -0.25) is 9.69 Å². The molecule has 4 nitrogen and oxygen atoms in total. The highest BCUT2D eigenvalue weighted by molar-refractivity contribution is 5.71. The maximum absolute atomic E-state index is 11.2. The van der Waals surface area contributed by atoms with Crippen LogP contribution in [0.2, 0.25) is 0 Å². The molecule has 2 rings (SSSR count). The molecule has 1 aromatic carbocycles. The van der Waals surface area contributed by atoms with Gasteiger partial charge in [0.25, 0.3) is 0 Å². The summed E-state index contributed by atoms with van der Waals surface area (Å²) in [6, 6.07) is 6.35. The standard InChI is InChI=1S/C16H23NO3/c1-10-5-6-15(20-4)14(9-10)12(3)17-8-7-13(11(17)2)16(18)19/h5-6,9,11-13H,7-8H2,1-4H3,(H,18,19). The highest BCUT2D eigenvalue weighted by Gasteiger charge is 2.38. The number of benzene rings is 1. The molecule has 4 heteroatoms. The van der Waals surface area contributed by atoms with E-state index < -0.39 is 5.97 Å². The molecular formula is C16H23NO3. The number of carboxylic acids is 1. The van der Waals surface area contributed by atoms with Crippen molar-refractivity contribution in [2.45, 2.75) is 39.3 Å². The summed E-state index contributed by atoms with van der Waals surface area (Å²) in [5, 5.41) is 9.25. The Balaban J connectivity index is 2.26. The fourth-order valence-corrected chi connectivity index (χ4v) is 3.20. The van der Waals surface area contributed by atoms with Crippen LogP contribution in [0.5, 0.6) is 5.75 Å². The van der Waals surface area contributed by atoms with E-state index in [1.54, 1.807) is 7.11 Å². The topological polar surface area (TPSA) is 49.8 Å². The van der Waals surface area contributed by atoms with Crippen molar-refractivity contribution in [3.63, 3.8) is 0 Å². The predicted molar refractivity (Wildman–Crippen MR) is 78.1 cm³/mol. The van der Waals surface area contributed by atoms with Crippen LogP contribution in [-0.2, 0) is 4.79 Å². The van der Waals surface area contributed by atoms with Crippen LogP contribution in [0.1, 0.15) is 37.4 Å². The molecule has 1 saturated heterocycles. The van der Waals surface area contributed by atoms with Crippen LogP contribution in [0, 0.1) is 12.8 Å². The molecule has 0 bridgehead atoms. The average molecular weight is 277 g/mol. The average Bonchev–Trinajstić information content (AvgIpc) is 2.79. The van der Waals surface area contributed by atoms with E-state index in [2.05, 4.69) is 24.8 Å². The third-order valence-electron chi connectivity index (χ3n) is 4.45. The number of methoxy groups -OCH3 is 1. The maximum Gasteiger partial charge on any atom is 0.308 e. The number of aliphatic carboxylic acids is 1. The Labute approximate surface area is 120 Å². The molecule has 0 saturated carbocycles. The molecule has 0 aliphatic carbocycles. The van der Waals surface area contributed by atoms with E-state index >= 15 is 0 Å². The summed E-state index contributed by atoms with van der Waals surface area (Å²) in [5.74, 6) is -0.0919. The Morgan fingerprint density at radius 3 is 2.75 bits per heavy atom. The van der Waals surface area contributed by atoms with Gasteiger partial charge in [-0.05, 0) is 39.8 Å². The fraction of sp³-hybridized carbons (Fsp3) is 0.562. The molecule has 1 aliphatic rings. The van der Waals surface area contributed by atoms with Gasteiger partial charge in [0.05, 0.1) is 13.0 Å². The van der Waals surface area contributed by atoms with Gasteiger partial charge in [-0.15, -0.1) is 0 Å². The minimum Gasteiger partial charge on any atom is -0.496 e. The summed E-state index contributed by atoms with van der Waals surface area (Å²) in [7, 11) is 1.67. The molecule has 20 heavy (non-hydrogen) atoms. The maximum atomic E-state index is 11.2. The van der Waals surface area contributed by atoms with Crippen molar-refractivity contribution in [3.8, 4) is 5.75 Å². The Bertz CT molecular complexity index is 500. The van der Waals surface area contributed by atoms with Gasteiger partial charge in [-0.2, -0.15) is 0 Å². The van der Waals surface area contributed by atoms with E-state index in [4.69, 9.17) is 4.74 Å². The Hall–Kier alpha value is -1.55. The number of hydrogen-bond donors (Lipinski definition) is 1. The van der Waals surface area contributed by atoms with Crippen molar-refractivity contribution in [2.24, 2.45) is 5.92 Å². The van der Waals surface area contributed by atoms with Crippen LogP contribution in [0.15, 0.2) is 18.2 Å². The van der Waals surface area contributed by atoms with E-state index in [9.17, 15) is 9.90 Å². The molecular weight excluding hydrogens is 254 g/mol. The van der Waals surface area contributed by atoms with Crippen molar-refractivity contribution >= 4 is 5.97 Å². The molecule has 1 aliphatic heterocycles. The third kappa shape index (κ3) is 2.66. The Morgan fingerprint density at radius 1 is 1.50 bits per heavy atom. The van der Waals surface area contributed by atoms with Crippen LogP contribution >= 0.6 is 0 Å². The van der Waals surface area contributed by atoms with Crippen molar-refractivity contribution in [1.82, 2.24) is 4.90 Å². The van der Waals surface area contributed by atoms with Crippen LogP contribution in [-0.4, -0.2) is 35.7 Å². The van der Waals surface area contributed by atoms with Gasteiger partial charge >= 0.3 is 5.97 Å². The molecule has 0 aromatic heterocycles. The minimum atomic E-state index is -0.691. The fourth-order valence-electron chi connectivity index (χ4n) is 3.20. The highest BCUT2D eigenvalue weighted by atomic mass is 16.5. The van der Waals surface area contributed by atoms with Crippen LogP contribution < -0.4 is 4.74 Å². The SMILES string of the molecule is COc1ccc(C)cc1C(C)N1CCC(C(=O)O)C1C. The number of rotatable bonds is 4. The van der Waals surface area contributed by atoms with E-state index in [-0.39, 0.29) is 18.0 Å². The second-order valence-corrected chi connectivity index (χ2v) is 5.63. The van der Waals surface area contributed by atoms with Gasteiger partial charge in [0.1, 0.15) is 5.75 Å². The normalized spacial score (nSPS) is 24.6. The molecule has 1 heterocycles. The summed E-state index contributed by atoms with van der Waals surface area (Å²) < 4.78 is 5.45. The molecule has 110 valence electrons. The number of carboxylic acid groups (broad SMARTS) is 1. The zero-order chi connectivity index (χ0) is 14.9. The minimum absolute atomic E-state index is 0.0488. The first-order valence-electron chi connectivity index (χ1n) is 7.08. The summed E-state index contributed by atoms with van der Waals surface area (Å²) in [5.41, 5.74) is 2.32.